The number of nitrogens with one attached hydrogen (secondary N) is 1. The summed E-state index contributed by atoms with van der Waals surface area (Å²) < 4.78 is 10.2. The van der Waals surface area contributed by atoms with Gasteiger partial charge in [0.15, 0.2) is 5.75 Å². The Bertz CT molecular complexity index is 938. The van der Waals surface area contributed by atoms with Gasteiger partial charge in [0.05, 0.1) is 30.4 Å². The number of aryl methyl sites for hydroxylation is 2. The first-order valence-electron chi connectivity index (χ1n) is 7.75. The van der Waals surface area contributed by atoms with Crippen molar-refractivity contribution in [3.8, 4) is 11.5 Å². The van der Waals surface area contributed by atoms with Crippen molar-refractivity contribution in [1.82, 2.24) is 0 Å². The number of aromatic carboxylic acids is 1. The summed E-state index contributed by atoms with van der Waals surface area (Å²) in [6.45, 7) is 3.28. The van der Waals surface area contributed by atoms with Crippen LogP contribution in [0, 0.1) is 24.0 Å². The maximum absolute atomic E-state index is 12.8. The van der Waals surface area contributed by atoms with Crippen molar-refractivity contribution < 1.29 is 29.1 Å². The van der Waals surface area contributed by atoms with Gasteiger partial charge >= 0.3 is 11.7 Å². The van der Waals surface area contributed by atoms with E-state index in [1.54, 1.807) is 19.9 Å². The minimum atomic E-state index is -1.21. The van der Waals surface area contributed by atoms with Crippen molar-refractivity contribution in [3.63, 3.8) is 0 Å². The predicted molar refractivity (Wildman–Crippen MR) is 97.0 cm³/mol. The highest BCUT2D eigenvalue weighted by atomic mass is 16.6. The van der Waals surface area contributed by atoms with Crippen LogP contribution in [0.5, 0.6) is 11.5 Å². The van der Waals surface area contributed by atoms with Crippen molar-refractivity contribution in [2.45, 2.75) is 13.8 Å². The Morgan fingerprint density at radius 1 is 1.00 bits per heavy atom. The average Bonchev–Trinajstić information content (AvgIpc) is 2.60. The molecule has 9 nitrogen and oxygen atoms in total. The molecule has 0 aliphatic heterocycles. The summed E-state index contributed by atoms with van der Waals surface area (Å²) in [5, 5.41) is 23.1. The Morgan fingerprint density at radius 2 is 1.56 bits per heavy atom. The highest BCUT2D eigenvalue weighted by molar-refractivity contribution is 6.09. The average molecular weight is 374 g/mol. The SMILES string of the molecule is COc1c(NC(=O)c2cc(C)cc([N+](=O)[O-])c2OC)cc(C)cc1C(=O)O. The number of hydrogen-bond donors (Lipinski definition) is 2. The van der Waals surface area contributed by atoms with Crippen molar-refractivity contribution >= 4 is 23.3 Å². The first-order chi connectivity index (χ1) is 12.7. The highest BCUT2D eigenvalue weighted by Gasteiger charge is 2.25. The van der Waals surface area contributed by atoms with E-state index in [2.05, 4.69) is 5.32 Å². The zero-order chi connectivity index (χ0) is 20.3. The Kier molecular flexibility index (Phi) is 5.64. The first kappa shape index (κ1) is 19.7. The van der Waals surface area contributed by atoms with E-state index in [1.165, 1.54) is 32.4 Å². The topological polar surface area (TPSA) is 128 Å². The van der Waals surface area contributed by atoms with E-state index in [-0.39, 0.29) is 34.0 Å². The maximum Gasteiger partial charge on any atom is 0.339 e. The fourth-order valence-corrected chi connectivity index (χ4v) is 2.71. The zero-order valence-electron chi connectivity index (χ0n) is 15.2. The van der Waals surface area contributed by atoms with Crippen molar-refractivity contribution in [1.29, 1.82) is 0 Å². The number of nitro benzene ring substituents is 1. The number of nitro groups is 1. The van der Waals surface area contributed by atoms with E-state index < -0.39 is 16.8 Å². The van der Waals surface area contributed by atoms with E-state index in [0.717, 1.165) is 0 Å². The summed E-state index contributed by atoms with van der Waals surface area (Å²) >= 11 is 0. The number of carbonyl (C=O) groups is 2. The minimum absolute atomic E-state index is 0.0254. The van der Waals surface area contributed by atoms with Gasteiger partial charge in [-0.3, -0.25) is 14.9 Å². The summed E-state index contributed by atoms with van der Waals surface area (Å²) in [5.41, 5.74) is 0.705. The lowest BCUT2D eigenvalue weighted by atomic mass is 10.1. The van der Waals surface area contributed by atoms with Gasteiger partial charge in [-0.05, 0) is 43.2 Å². The summed E-state index contributed by atoms with van der Waals surface area (Å²) in [5.74, 6) is -2.12. The summed E-state index contributed by atoms with van der Waals surface area (Å²) in [7, 11) is 2.51. The third-order valence-corrected chi connectivity index (χ3v) is 3.78. The third kappa shape index (κ3) is 3.97. The van der Waals surface area contributed by atoms with Crippen LogP contribution in [0.3, 0.4) is 0 Å². The molecular weight excluding hydrogens is 356 g/mol. The van der Waals surface area contributed by atoms with E-state index in [9.17, 15) is 24.8 Å². The molecule has 0 aliphatic carbocycles. The molecule has 27 heavy (non-hydrogen) atoms. The fraction of sp³-hybridized carbons (Fsp3) is 0.222. The second kappa shape index (κ2) is 7.73. The molecule has 0 unspecified atom stereocenters. The van der Waals surface area contributed by atoms with Crippen LogP contribution < -0.4 is 14.8 Å². The fourth-order valence-electron chi connectivity index (χ4n) is 2.71. The van der Waals surface area contributed by atoms with Gasteiger partial charge in [-0.1, -0.05) is 0 Å². The highest BCUT2D eigenvalue weighted by Crippen LogP contribution is 2.35. The molecular formula is C18H18N2O7. The number of carbonyl (C=O) groups excluding carboxylic acids is 1. The van der Waals surface area contributed by atoms with E-state index in [0.29, 0.717) is 11.1 Å². The second-order valence-corrected chi connectivity index (χ2v) is 5.77. The monoisotopic (exact) mass is 374 g/mol. The maximum atomic E-state index is 12.8. The summed E-state index contributed by atoms with van der Waals surface area (Å²) in [6.07, 6.45) is 0. The molecule has 0 spiro atoms. The number of carboxylic acid groups (broad SMARTS) is 1. The quantitative estimate of drug-likeness (QED) is 0.587. The number of amides is 1. The normalized spacial score (nSPS) is 10.2. The van der Waals surface area contributed by atoms with Gasteiger partial charge in [0.2, 0.25) is 5.75 Å². The molecule has 2 N–H and O–H groups in total. The number of nitrogens with zero attached hydrogens (tertiary/aromatic N) is 1. The lowest BCUT2D eigenvalue weighted by Gasteiger charge is -2.15. The Hall–Kier alpha value is -3.62. The Labute approximate surface area is 154 Å². The number of rotatable bonds is 6. The number of hydrogen-bond acceptors (Lipinski definition) is 6. The Balaban J connectivity index is 2.56. The lowest BCUT2D eigenvalue weighted by molar-refractivity contribution is -0.385. The molecule has 0 saturated heterocycles. The van der Waals surface area contributed by atoms with Crippen molar-refractivity contribution in [3.05, 3.63) is 56.6 Å². The van der Waals surface area contributed by atoms with Crippen LogP contribution in [0.4, 0.5) is 11.4 Å². The van der Waals surface area contributed by atoms with Crippen molar-refractivity contribution in [2.24, 2.45) is 0 Å². The molecule has 0 radical (unpaired) electrons. The number of methoxy groups -OCH3 is 2. The molecule has 0 atom stereocenters. The summed E-state index contributed by atoms with van der Waals surface area (Å²) in [6, 6.07) is 5.70. The molecule has 0 aromatic heterocycles. The van der Waals surface area contributed by atoms with Gasteiger partial charge in [0.1, 0.15) is 5.56 Å². The van der Waals surface area contributed by atoms with Crippen LogP contribution in [-0.4, -0.2) is 36.1 Å². The molecule has 142 valence electrons. The van der Waals surface area contributed by atoms with E-state index in [1.807, 2.05) is 0 Å². The molecule has 1 amide bonds. The van der Waals surface area contributed by atoms with Crippen LogP contribution in [-0.2, 0) is 0 Å². The molecule has 9 heteroatoms. The molecule has 0 heterocycles. The molecule has 2 rings (SSSR count). The molecule has 0 fully saturated rings. The van der Waals surface area contributed by atoms with Gasteiger partial charge in [0.25, 0.3) is 5.91 Å². The van der Waals surface area contributed by atoms with Crippen molar-refractivity contribution in [2.75, 3.05) is 19.5 Å². The lowest BCUT2D eigenvalue weighted by Crippen LogP contribution is -2.16. The van der Waals surface area contributed by atoms with Gasteiger partial charge in [-0.2, -0.15) is 0 Å². The van der Waals surface area contributed by atoms with Gasteiger partial charge in [0, 0.05) is 6.07 Å². The van der Waals surface area contributed by atoms with E-state index >= 15 is 0 Å². The first-order valence-corrected chi connectivity index (χ1v) is 7.75. The van der Waals surface area contributed by atoms with Crippen LogP contribution in [0.2, 0.25) is 0 Å². The molecule has 2 aromatic carbocycles. The molecule has 2 aromatic rings. The molecule has 0 aliphatic rings. The number of ether oxygens (including phenoxy) is 2. The minimum Gasteiger partial charge on any atom is -0.494 e. The van der Waals surface area contributed by atoms with Crippen LogP contribution in [0.1, 0.15) is 31.8 Å². The molecule has 0 bridgehead atoms. The number of carboxylic acids is 1. The largest absolute Gasteiger partial charge is 0.494 e. The van der Waals surface area contributed by atoms with Gasteiger partial charge < -0.3 is 19.9 Å². The third-order valence-electron chi connectivity index (χ3n) is 3.78. The Morgan fingerprint density at radius 3 is 2.07 bits per heavy atom. The zero-order valence-corrected chi connectivity index (χ0v) is 15.2. The van der Waals surface area contributed by atoms with Crippen LogP contribution in [0.25, 0.3) is 0 Å². The summed E-state index contributed by atoms with van der Waals surface area (Å²) in [4.78, 5) is 34.8. The smallest absolute Gasteiger partial charge is 0.339 e. The molecule has 0 saturated carbocycles. The van der Waals surface area contributed by atoms with Crippen LogP contribution in [0.15, 0.2) is 24.3 Å². The number of benzene rings is 2. The second-order valence-electron chi connectivity index (χ2n) is 5.77. The number of anilines is 1. The standard InChI is InChI=1S/C18H18N2O7/c1-9-6-12(18(22)23)15(26-3)13(7-9)19-17(21)11-5-10(2)8-14(20(24)25)16(11)27-4/h5-8H,1-4H3,(H,19,21)(H,22,23). The van der Waals surface area contributed by atoms with E-state index in [4.69, 9.17) is 9.47 Å². The predicted octanol–water partition coefficient (Wildman–Crippen LogP) is 3.18. The van der Waals surface area contributed by atoms with Crippen LogP contribution >= 0.6 is 0 Å². The van der Waals surface area contributed by atoms with Gasteiger partial charge in [-0.25, -0.2) is 4.79 Å². The van der Waals surface area contributed by atoms with Gasteiger partial charge in [-0.15, -0.1) is 0 Å².